The van der Waals surface area contributed by atoms with Crippen LogP contribution in [0.2, 0.25) is 0 Å². The monoisotopic (exact) mass is 399 g/mol. The van der Waals surface area contributed by atoms with E-state index in [1.165, 1.54) is 41.6 Å². The summed E-state index contributed by atoms with van der Waals surface area (Å²) in [6.45, 7) is 4.12. The van der Waals surface area contributed by atoms with Crippen LogP contribution in [-0.2, 0) is 4.79 Å². The molecule has 2 amide bonds. The Balaban J connectivity index is 1.62. The van der Waals surface area contributed by atoms with Crippen molar-refractivity contribution >= 4 is 23.1 Å². The number of phenolic OH excluding ortho intramolecular Hbond substituents is 1. The number of nitrogens with one attached hydrogen (secondary N) is 3. The van der Waals surface area contributed by atoms with Gasteiger partial charge in [-0.3, -0.25) is 15.0 Å². The van der Waals surface area contributed by atoms with Gasteiger partial charge in [-0.2, -0.15) is 0 Å². The summed E-state index contributed by atoms with van der Waals surface area (Å²) in [5.41, 5.74) is 11.9. The Morgan fingerprint density at radius 1 is 1.00 bits per heavy atom. The maximum Gasteiger partial charge on any atom is 0.269 e. The number of fused-ring (bicyclic) bond motifs is 1. The molecule has 6 nitrogen and oxygen atoms in total. The number of carbonyl (C=O) groups is 2. The van der Waals surface area contributed by atoms with Gasteiger partial charge in [0.25, 0.3) is 11.8 Å². The molecule has 4 rings (SSSR count). The lowest BCUT2D eigenvalue weighted by Gasteiger charge is -2.11. The van der Waals surface area contributed by atoms with Gasteiger partial charge < -0.3 is 15.8 Å². The molecular formula is C24H21N3O3. The van der Waals surface area contributed by atoms with Crippen LogP contribution in [0.5, 0.6) is 5.75 Å². The number of carbonyl (C=O) groups excluding carboxylic acids is 2. The van der Waals surface area contributed by atoms with Gasteiger partial charge >= 0.3 is 0 Å². The first-order valence-electron chi connectivity index (χ1n) is 9.51. The van der Waals surface area contributed by atoms with E-state index in [0.29, 0.717) is 11.1 Å². The number of amides is 2. The molecule has 0 fully saturated rings. The maximum atomic E-state index is 12.6. The molecule has 0 radical (unpaired) electrons. The van der Waals surface area contributed by atoms with Crippen molar-refractivity contribution in [2.75, 3.05) is 5.32 Å². The molecule has 3 aromatic carbocycles. The molecule has 0 saturated carbocycles. The average molecular weight is 399 g/mol. The molecule has 0 saturated heterocycles. The van der Waals surface area contributed by atoms with E-state index in [1.807, 2.05) is 24.3 Å². The van der Waals surface area contributed by atoms with Crippen molar-refractivity contribution in [2.45, 2.75) is 13.8 Å². The number of hydrogen-bond acceptors (Lipinski definition) is 4. The predicted octanol–water partition coefficient (Wildman–Crippen LogP) is 3.90. The van der Waals surface area contributed by atoms with Gasteiger partial charge in [-0.15, -0.1) is 0 Å². The van der Waals surface area contributed by atoms with Crippen LogP contribution in [0, 0.1) is 13.8 Å². The van der Waals surface area contributed by atoms with Gasteiger partial charge in [-0.05, 0) is 66.4 Å². The molecule has 0 spiro atoms. The van der Waals surface area contributed by atoms with Crippen molar-refractivity contribution in [3.63, 3.8) is 0 Å². The molecule has 0 bridgehead atoms. The minimum atomic E-state index is -0.382. The van der Waals surface area contributed by atoms with Gasteiger partial charge in [0.1, 0.15) is 5.75 Å². The summed E-state index contributed by atoms with van der Waals surface area (Å²) in [6.07, 6.45) is 1.49. The average Bonchev–Trinajstić information content (AvgIpc) is 3.06. The molecule has 0 aromatic heterocycles. The SMILES string of the molecule is Cc1ccc(-c2cccc3c2C(=CNNC(=O)c2ccc(O)cc2)C(=O)N3)cc1C. The molecule has 4 N–H and O–H groups in total. The highest BCUT2D eigenvalue weighted by Crippen LogP contribution is 2.39. The topological polar surface area (TPSA) is 90.5 Å². The van der Waals surface area contributed by atoms with E-state index in [-0.39, 0.29) is 17.6 Å². The molecule has 0 atom stereocenters. The van der Waals surface area contributed by atoms with Crippen molar-refractivity contribution < 1.29 is 14.7 Å². The number of anilines is 1. The summed E-state index contributed by atoms with van der Waals surface area (Å²) in [4.78, 5) is 24.8. The number of hydrogen-bond donors (Lipinski definition) is 4. The number of hydrazine groups is 1. The van der Waals surface area contributed by atoms with E-state index >= 15 is 0 Å². The van der Waals surface area contributed by atoms with Crippen LogP contribution in [0.4, 0.5) is 5.69 Å². The molecule has 0 aliphatic carbocycles. The Labute approximate surface area is 174 Å². The number of aryl methyl sites for hydroxylation is 2. The third-order valence-corrected chi connectivity index (χ3v) is 5.18. The fraction of sp³-hybridized carbons (Fsp3) is 0.0833. The minimum absolute atomic E-state index is 0.0831. The minimum Gasteiger partial charge on any atom is -0.508 e. The smallest absolute Gasteiger partial charge is 0.269 e. The molecule has 6 heteroatoms. The largest absolute Gasteiger partial charge is 0.508 e. The number of aromatic hydroxyl groups is 1. The van der Waals surface area contributed by atoms with Gasteiger partial charge in [0.2, 0.25) is 0 Å². The fourth-order valence-corrected chi connectivity index (χ4v) is 3.40. The quantitative estimate of drug-likeness (QED) is 0.396. The highest BCUT2D eigenvalue weighted by molar-refractivity contribution is 6.33. The lowest BCUT2D eigenvalue weighted by molar-refractivity contribution is -0.110. The Kier molecular flexibility index (Phi) is 4.98. The van der Waals surface area contributed by atoms with Crippen molar-refractivity contribution in [1.82, 2.24) is 10.9 Å². The zero-order valence-corrected chi connectivity index (χ0v) is 16.6. The standard InChI is InChI=1S/C24H21N3O3/c1-14-6-7-17(12-15(14)2)19-4-3-5-21-22(19)20(24(30)26-21)13-25-27-23(29)16-8-10-18(28)11-9-16/h3-13,25,28H,1-2H3,(H,26,30)(H,27,29). The molecule has 30 heavy (non-hydrogen) atoms. The second-order valence-electron chi connectivity index (χ2n) is 7.18. The molecule has 0 unspecified atom stereocenters. The zero-order valence-electron chi connectivity index (χ0n) is 16.6. The lowest BCUT2D eigenvalue weighted by Crippen LogP contribution is -2.34. The summed E-state index contributed by atoms with van der Waals surface area (Å²) >= 11 is 0. The Morgan fingerprint density at radius 3 is 2.50 bits per heavy atom. The van der Waals surface area contributed by atoms with Gasteiger partial charge in [-0.1, -0.05) is 30.3 Å². The summed E-state index contributed by atoms with van der Waals surface area (Å²) in [5, 5.41) is 12.2. The van der Waals surface area contributed by atoms with Crippen LogP contribution >= 0.6 is 0 Å². The first-order chi connectivity index (χ1) is 14.4. The number of benzene rings is 3. The molecule has 1 aliphatic heterocycles. The second kappa shape index (κ2) is 7.75. The van der Waals surface area contributed by atoms with Crippen molar-refractivity contribution in [3.8, 4) is 16.9 Å². The maximum absolute atomic E-state index is 12.6. The highest BCUT2D eigenvalue weighted by atomic mass is 16.3. The van der Waals surface area contributed by atoms with Crippen LogP contribution in [-0.4, -0.2) is 16.9 Å². The normalized spacial score (nSPS) is 13.7. The van der Waals surface area contributed by atoms with Gasteiger partial charge in [-0.25, -0.2) is 0 Å². The summed E-state index contributed by atoms with van der Waals surface area (Å²) in [5.74, 6) is -0.541. The van der Waals surface area contributed by atoms with E-state index in [4.69, 9.17) is 0 Å². The Morgan fingerprint density at radius 2 is 1.77 bits per heavy atom. The Bertz CT molecular complexity index is 1180. The van der Waals surface area contributed by atoms with E-state index in [1.54, 1.807) is 0 Å². The molecular weight excluding hydrogens is 378 g/mol. The van der Waals surface area contributed by atoms with Crippen LogP contribution in [0.25, 0.3) is 16.7 Å². The van der Waals surface area contributed by atoms with Gasteiger partial charge in [0, 0.05) is 23.0 Å². The molecule has 150 valence electrons. The van der Waals surface area contributed by atoms with Crippen LogP contribution < -0.4 is 16.2 Å². The molecule has 1 aliphatic rings. The third kappa shape index (κ3) is 3.63. The van der Waals surface area contributed by atoms with Crippen LogP contribution in [0.1, 0.15) is 27.0 Å². The lowest BCUT2D eigenvalue weighted by atomic mass is 9.93. The fourth-order valence-electron chi connectivity index (χ4n) is 3.40. The first kappa shape index (κ1) is 19.3. The van der Waals surface area contributed by atoms with Gasteiger partial charge in [0.15, 0.2) is 0 Å². The summed E-state index contributed by atoms with van der Waals surface area (Å²) in [7, 11) is 0. The van der Waals surface area contributed by atoms with E-state index in [9.17, 15) is 14.7 Å². The second-order valence-corrected chi connectivity index (χ2v) is 7.18. The summed E-state index contributed by atoms with van der Waals surface area (Å²) in [6, 6.07) is 17.8. The number of phenols is 1. The van der Waals surface area contributed by atoms with Crippen LogP contribution in [0.15, 0.2) is 66.9 Å². The van der Waals surface area contributed by atoms with Crippen LogP contribution in [0.3, 0.4) is 0 Å². The summed E-state index contributed by atoms with van der Waals surface area (Å²) < 4.78 is 0. The van der Waals surface area contributed by atoms with Crippen molar-refractivity contribution in [1.29, 1.82) is 0 Å². The van der Waals surface area contributed by atoms with Gasteiger partial charge in [0.05, 0.1) is 5.57 Å². The van der Waals surface area contributed by atoms with E-state index in [2.05, 4.69) is 42.1 Å². The van der Waals surface area contributed by atoms with Crippen molar-refractivity contribution in [2.24, 2.45) is 0 Å². The molecule has 3 aromatic rings. The highest BCUT2D eigenvalue weighted by Gasteiger charge is 2.27. The zero-order chi connectivity index (χ0) is 21.3. The first-order valence-corrected chi connectivity index (χ1v) is 9.51. The van der Waals surface area contributed by atoms with E-state index < -0.39 is 0 Å². The third-order valence-electron chi connectivity index (χ3n) is 5.18. The Hall–Kier alpha value is -4.06. The number of rotatable bonds is 4. The molecule has 1 heterocycles. The predicted molar refractivity (Wildman–Crippen MR) is 117 cm³/mol. The van der Waals surface area contributed by atoms with Crippen molar-refractivity contribution in [3.05, 3.63) is 89.1 Å². The van der Waals surface area contributed by atoms with E-state index in [0.717, 1.165) is 22.4 Å².